The first-order valence-electron chi connectivity index (χ1n) is 11.5. The van der Waals surface area contributed by atoms with Crippen LogP contribution in [0.15, 0.2) is 57.5 Å². The zero-order valence-electron chi connectivity index (χ0n) is 19.2. The Morgan fingerprint density at radius 3 is 2.75 bits per heavy atom. The molecule has 3 aromatic rings. The van der Waals surface area contributed by atoms with Gasteiger partial charge < -0.3 is 19.4 Å². The Labute approximate surface area is 204 Å². The Balaban J connectivity index is 1.48. The van der Waals surface area contributed by atoms with E-state index in [0.717, 1.165) is 24.5 Å². The normalized spacial score (nSPS) is 19.0. The molecule has 1 aromatic carbocycles. The molecule has 1 aliphatic heterocycles. The summed E-state index contributed by atoms with van der Waals surface area (Å²) in [4.78, 5) is 39.5. The fraction of sp³-hybridized carbons (Fsp3) is 0.320. The number of aliphatic imine (C=N–C) groups is 1. The minimum atomic E-state index is -1.37. The van der Waals surface area contributed by atoms with Gasteiger partial charge in [0.05, 0.1) is 17.6 Å². The number of hydrogen-bond donors (Lipinski definition) is 1. The maximum atomic E-state index is 15.3. The average molecular weight is 495 g/mol. The van der Waals surface area contributed by atoms with Gasteiger partial charge in [0, 0.05) is 37.5 Å². The number of halogens is 2. The lowest BCUT2D eigenvalue weighted by Crippen LogP contribution is -2.25. The lowest BCUT2D eigenvalue weighted by molar-refractivity contribution is 0.0626. The van der Waals surface area contributed by atoms with Gasteiger partial charge in [-0.2, -0.15) is 0 Å². The maximum Gasteiger partial charge on any atom is 0.341 e. The zero-order chi connectivity index (χ0) is 25.2. The molecule has 2 fully saturated rings. The van der Waals surface area contributed by atoms with E-state index in [1.807, 2.05) is 30.3 Å². The van der Waals surface area contributed by atoms with Gasteiger partial charge >= 0.3 is 5.97 Å². The molecule has 36 heavy (non-hydrogen) atoms. The molecule has 0 amide bonds. The summed E-state index contributed by atoms with van der Waals surface area (Å²) < 4.78 is 29.5. The third-order valence-corrected chi connectivity index (χ3v) is 6.27. The summed E-state index contributed by atoms with van der Waals surface area (Å²) in [5.41, 5.74) is 0.457. The molecular formula is C25H23F2N5O4. The van der Waals surface area contributed by atoms with Gasteiger partial charge in [-0.05, 0) is 24.5 Å². The molecule has 1 unspecified atom stereocenters. The quantitative estimate of drug-likeness (QED) is 0.379. The Kier molecular flexibility index (Phi) is 6.45. The summed E-state index contributed by atoms with van der Waals surface area (Å²) in [6.07, 6.45) is 4.63. The smallest absolute Gasteiger partial charge is 0.341 e. The summed E-state index contributed by atoms with van der Waals surface area (Å²) in [7, 11) is 0. The molecule has 1 aliphatic carbocycles. The fourth-order valence-corrected chi connectivity index (χ4v) is 4.36. The van der Waals surface area contributed by atoms with E-state index in [2.05, 4.69) is 20.0 Å². The molecule has 2 aromatic heterocycles. The van der Waals surface area contributed by atoms with Gasteiger partial charge in [-0.25, -0.2) is 18.6 Å². The van der Waals surface area contributed by atoms with Crippen LogP contribution in [0.1, 0.15) is 34.8 Å². The van der Waals surface area contributed by atoms with Crippen LogP contribution in [0.25, 0.3) is 11.0 Å². The van der Waals surface area contributed by atoms with Crippen molar-refractivity contribution in [1.82, 2.24) is 9.55 Å². The third-order valence-electron chi connectivity index (χ3n) is 6.27. The lowest BCUT2D eigenvalue weighted by atomic mass is 10.1. The van der Waals surface area contributed by atoms with Crippen molar-refractivity contribution in [2.24, 2.45) is 16.1 Å². The average Bonchev–Trinajstić information content (AvgIpc) is 3.64. The summed E-state index contributed by atoms with van der Waals surface area (Å²) in [6, 6.07) is 10.6. The number of pyridine rings is 2. The van der Waals surface area contributed by atoms with Crippen LogP contribution in [0.3, 0.4) is 0 Å². The van der Waals surface area contributed by atoms with Crippen molar-refractivity contribution < 1.29 is 23.5 Å². The highest BCUT2D eigenvalue weighted by molar-refractivity contribution is 5.95. The molecule has 9 nitrogen and oxygen atoms in total. The van der Waals surface area contributed by atoms with Crippen LogP contribution in [0.2, 0.25) is 0 Å². The summed E-state index contributed by atoms with van der Waals surface area (Å²) >= 11 is 0. The summed E-state index contributed by atoms with van der Waals surface area (Å²) in [5.74, 6) is -2.40. The van der Waals surface area contributed by atoms with Gasteiger partial charge in [0.15, 0.2) is 11.6 Å². The molecule has 0 bridgehead atoms. The number of hydrogen-bond acceptors (Lipinski definition) is 7. The molecule has 0 spiro atoms. The van der Waals surface area contributed by atoms with Gasteiger partial charge in [0.2, 0.25) is 5.43 Å². The van der Waals surface area contributed by atoms with Crippen LogP contribution >= 0.6 is 0 Å². The molecular weight excluding hydrogens is 472 g/mol. The molecule has 0 radical (unpaired) electrons. The van der Waals surface area contributed by atoms with E-state index >= 15 is 4.39 Å². The van der Waals surface area contributed by atoms with Crippen LogP contribution in [-0.2, 0) is 4.84 Å². The molecule has 1 atom stereocenters. The van der Waals surface area contributed by atoms with Gasteiger partial charge in [-0.15, -0.1) is 0 Å². The van der Waals surface area contributed by atoms with Crippen molar-refractivity contribution in [2.45, 2.75) is 18.9 Å². The SMILES string of the molecule is O=C(O)c1cn(C2CC2)c2nc(N3C/C(=N\OCF)C(CN=Cc4ccccc4)C3)c(F)cc2c1=O. The molecule has 2 aliphatic rings. The highest BCUT2D eigenvalue weighted by Gasteiger charge is 2.33. The summed E-state index contributed by atoms with van der Waals surface area (Å²) in [5, 5.41) is 13.2. The number of carbonyl (C=O) groups is 1. The molecule has 5 rings (SSSR count). The van der Waals surface area contributed by atoms with Gasteiger partial charge in [0.25, 0.3) is 6.86 Å². The second-order valence-corrected chi connectivity index (χ2v) is 8.78. The first-order chi connectivity index (χ1) is 17.5. The second-order valence-electron chi connectivity index (χ2n) is 8.78. The molecule has 11 heteroatoms. The minimum absolute atomic E-state index is 0.00172. The zero-order valence-corrected chi connectivity index (χ0v) is 19.2. The third kappa shape index (κ3) is 4.68. The van der Waals surface area contributed by atoms with E-state index in [9.17, 15) is 19.1 Å². The largest absolute Gasteiger partial charge is 0.477 e. The van der Waals surface area contributed by atoms with Crippen molar-refractivity contribution in [1.29, 1.82) is 0 Å². The van der Waals surface area contributed by atoms with Gasteiger partial charge in [0.1, 0.15) is 11.2 Å². The van der Waals surface area contributed by atoms with Crippen molar-refractivity contribution in [3.05, 3.63) is 69.8 Å². The van der Waals surface area contributed by atoms with Crippen molar-refractivity contribution in [2.75, 3.05) is 31.4 Å². The number of fused-ring (bicyclic) bond motifs is 1. The monoisotopic (exact) mass is 495 g/mol. The number of anilines is 1. The van der Waals surface area contributed by atoms with Crippen molar-refractivity contribution in [3.8, 4) is 0 Å². The standard InChI is InChI=1S/C25H23F2N5O4/c26-14-36-30-21-13-31(11-16(21)10-28-9-15-4-2-1-3-5-15)24-20(27)8-18-22(33)19(25(34)35)12-32(17-6-7-17)23(18)29-24/h1-5,8-9,12,16-17H,6-7,10-11,13-14H2,(H,34,35)/b28-9?,30-21+. The highest BCUT2D eigenvalue weighted by atomic mass is 19.1. The van der Waals surface area contributed by atoms with E-state index in [1.54, 1.807) is 15.7 Å². The number of benzene rings is 1. The highest BCUT2D eigenvalue weighted by Crippen LogP contribution is 2.37. The number of carboxylic acids is 1. The summed E-state index contributed by atoms with van der Waals surface area (Å²) in [6.45, 7) is -0.325. The topological polar surface area (TPSA) is 109 Å². The molecule has 1 saturated heterocycles. The van der Waals surface area contributed by atoms with Crippen molar-refractivity contribution >= 4 is 34.7 Å². The maximum absolute atomic E-state index is 15.3. The van der Waals surface area contributed by atoms with Gasteiger partial charge in [-0.1, -0.05) is 35.5 Å². The predicted molar refractivity (Wildman–Crippen MR) is 130 cm³/mol. The molecule has 1 saturated carbocycles. The minimum Gasteiger partial charge on any atom is -0.477 e. The van der Waals surface area contributed by atoms with Crippen LogP contribution in [0, 0.1) is 11.7 Å². The Bertz CT molecular complexity index is 1420. The van der Waals surface area contributed by atoms with E-state index in [-0.39, 0.29) is 35.4 Å². The van der Waals surface area contributed by atoms with Crippen LogP contribution in [0.4, 0.5) is 14.6 Å². The number of alkyl halides is 1. The second kappa shape index (κ2) is 9.84. The fourth-order valence-electron chi connectivity index (χ4n) is 4.36. The van der Waals surface area contributed by atoms with E-state index < -0.39 is 29.6 Å². The number of aromatic carboxylic acids is 1. The number of oxime groups is 1. The first kappa shape index (κ1) is 23.6. The number of carboxylic acid groups (broad SMARTS) is 1. The van der Waals surface area contributed by atoms with E-state index in [4.69, 9.17) is 0 Å². The Morgan fingerprint density at radius 2 is 2.06 bits per heavy atom. The van der Waals surface area contributed by atoms with Crippen LogP contribution in [0.5, 0.6) is 0 Å². The van der Waals surface area contributed by atoms with Gasteiger partial charge in [-0.3, -0.25) is 9.79 Å². The van der Waals surface area contributed by atoms with E-state index in [1.165, 1.54) is 6.20 Å². The number of aromatic nitrogens is 2. The number of nitrogens with zero attached hydrogens (tertiary/aromatic N) is 5. The van der Waals surface area contributed by atoms with E-state index in [0.29, 0.717) is 18.8 Å². The Hall–Kier alpha value is -4.15. The van der Waals surface area contributed by atoms with Crippen LogP contribution < -0.4 is 10.3 Å². The molecule has 186 valence electrons. The molecule has 1 N–H and O–H groups in total. The first-order valence-corrected chi connectivity index (χ1v) is 11.5. The predicted octanol–water partition coefficient (Wildman–Crippen LogP) is 3.42. The molecule has 3 heterocycles. The number of rotatable bonds is 8. The van der Waals surface area contributed by atoms with Crippen LogP contribution in [-0.4, -0.2) is 59.0 Å². The van der Waals surface area contributed by atoms with Crippen molar-refractivity contribution in [3.63, 3.8) is 0 Å². The lowest BCUT2D eigenvalue weighted by Gasteiger charge is -2.19. The Morgan fingerprint density at radius 1 is 1.28 bits per heavy atom.